The third kappa shape index (κ3) is 3.61. The van der Waals surface area contributed by atoms with Gasteiger partial charge in [0.25, 0.3) is 0 Å². The summed E-state index contributed by atoms with van der Waals surface area (Å²) in [5.74, 6) is -0.830. The van der Waals surface area contributed by atoms with Crippen molar-refractivity contribution in [1.29, 1.82) is 5.26 Å². The second kappa shape index (κ2) is 8.30. The normalized spacial score (nSPS) is 15.6. The summed E-state index contributed by atoms with van der Waals surface area (Å²) >= 11 is 0. The minimum atomic E-state index is -3.81. The summed E-state index contributed by atoms with van der Waals surface area (Å²) in [7, 11) is -2.08. The van der Waals surface area contributed by atoms with Crippen LogP contribution in [0.3, 0.4) is 0 Å². The van der Waals surface area contributed by atoms with Crippen molar-refractivity contribution in [2.45, 2.75) is 37.3 Å². The van der Waals surface area contributed by atoms with Gasteiger partial charge in [0.15, 0.2) is 9.84 Å². The largest absolute Gasteiger partial charge is 0.474 e. The number of rotatable bonds is 5. The lowest BCUT2D eigenvalue weighted by molar-refractivity contribution is 0.0514. The Morgan fingerprint density at radius 1 is 1.34 bits per heavy atom. The van der Waals surface area contributed by atoms with E-state index in [2.05, 4.69) is 11.4 Å². The molecule has 32 heavy (non-hydrogen) atoms. The van der Waals surface area contributed by atoms with Crippen LogP contribution < -0.4 is 10.1 Å². The van der Waals surface area contributed by atoms with Gasteiger partial charge in [0.05, 0.1) is 28.3 Å². The van der Waals surface area contributed by atoms with Crippen LogP contribution in [0, 0.1) is 11.3 Å². The Balaban J connectivity index is 2.08. The molecule has 3 aromatic rings. The fourth-order valence-electron chi connectivity index (χ4n) is 4.12. The van der Waals surface area contributed by atoms with Gasteiger partial charge in [0, 0.05) is 36.3 Å². The van der Waals surface area contributed by atoms with Gasteiger partial charge in [0.1, 0.15) is 23.6 Å². The van der Waals surface area contributed by atoms with Gasteiger partial charge in [-0.2, -0.15) is 5.26 Å². The highest BCUT2D eigenvalue weighted by Gasteiger charge is 2.34. The van der Waals surface area contributed by atoms with Crippen LogP contribution in [0.25, 0.3) is 10.9 Å². The highest BCUT2D eigenvalue weighted by molar-refractivity contribution is 7.90. The van der Waals surface area contributed by atoms with Crippen molar-refractivity contribution >= 4 is 26.7 Å². The van der Waals surface area contributed by atoms with Crippen molar-refractivity contribution < 1.29 is 22.7 Å². The molecule has 0 bridgehead atoms. The van der Waals surface area contributed by atoms with Crippen molar-refractivity contribution in [3.05, 3.63) is 58.8 Å². The zero-order chi connectivity index (χ0) is 23.0. The van der Waals surface area contributed by atoms with Crippen LogP contribution in [0.15, 0.2) is 41.4 Å². The van der Waals surface area contributed by atoms with Gasteiger partial charge in [-0.15, -0.1) is 0 Å². The van der Waals surface area contributed by atoms with E-state index in [0.29, 0.717) is 28.6 Å². The van der Waals surface area contributed by atoms with Crippen LogP contribution in [-0.4, -0.2) is 31.8 Å². The lowest BCUT2D eigenvalue weighted by Crippen LogP contribution is -2.36. The number of fused-ring (bicyclic) bond motifs is 3. The van der Waals surface area contributed by atoms with Crippen LogP contribution in [0.2, 0.25) is 0 Å². The first-order valence-electron chi connectivity index (χ1n) is 10.2. The van der Waals surface area contributed by atoms with E-state index in [1.54, 1.807) is 49.9 Å². The molecule has 0 saturated carbocycles. The molecule has 0 saturated heterocycles. The van der Waals surface area contributed by atoms with E-state index >= 15 is 0 Å². The zero-order valence-electron chi connectivity index (χ0n) is 18.0. The maximum Gasteiger partial charge on any atom is 0.342 e. The lowest BCUT2D eigenvalue weighted by atomic mass is 9.95. The fourth-order valence-corrected chi connectivity index (χ4v) is 5.52. The van der Waals surface area contributed by atoms with E-state index in [9.17, 15) is 18.5 Å². The van der Waals surface area contributed by atoms with Crippen molar-refractivity contribution in [3.63, 3.8) is 0 Å². The molecule has 0 amide bonds. The molecule has 2 aromatic carbocycles. The summed E-state index contributed by atoms with van der Waals surface area (Å²) in [6.45, 7) is 3.97. The fraction of sp³-hybridized carbons (Fsp3) is 0.304. The topological polar surface area (TPSA) is 110 Å². The number of carbonyl (C=O) groups excluding carboxylic acids is 1. The Bertz CT molecular complexity index is 1350. The molecule has 166 valence electrons. The molecule has 1 N–H and O–H groups in total. The molecule has 4 rings (SSSR count). The number of benzene rings is 2. The number of sulfone groups is 1. The summed E-state index contributed by atoms with van der Waals surface area (Å²) in [5, 5.41) is 13.5. The van der Waals surface area contributed by atoms with Crippen LogP contribution in [0.1, 0.15) is 40.9 Å². The molecular formula is C23H23N3O5S. The number of aryl methyl sites for hydroxylation is 1. The third-order valence-electron chi connectivity index (χ3n) is 5.47. The number of ether oxygens (including phenoxy) is 2. The highest BCUT2D eigenvalue weighted by atomic mass is 32.2. The van der Waals surface area contributed by atoms with Gasteiger partial charge in [-0.3, -0.25) is 5.32 Å². The standard InChI is InChI=1S/C23H23N3O5S/c1-4-30-23(27)20-18(13-32(28,29)16-8-6-5-7-9-16)21-19(15(10-24)12-26(21)3)17-11-25-14(2)31-22(17)20/h5-9,12,14,25H,4,11,13H2,1-3H3. The van der Waals surface area contributed by atoms with Crippen molar-refractivity contribution in [2.24, 2.45) is 7.05 Å². The summed E-state index contributed by atoms with van der Waals surface area (Å²) < 4.78 is 39.6. The minimum absolute atomic E-state index is 0.0906. The number of esters is 1. The number of hydrogen-bond acceptors (Lipinski definition) is 7. The molecule has 0 aliphatic carbocycles. The molecule has 0 spiro atoms. The molecule has 8 nitrogen and oxygen atoms in total. The molecule has 1 aromatic heterocycles. The second-order valence-corrected chi connectivity index (χ2v) is 9.57. The lowest BCUT2D eigenvalue weighted by Gasteiger charge is -2.28. The van der Waals surface area contributed by atoms with Gasteiger partial charge in [-0.05, 0) is 26.0 Å². The number of carbonyl (C=O) groups is 1. The smallest absolute Gasteiger partial charge is 0.342 e. The average Bonchev–Trinajstić information content (AvgIpc) is 3.11. The van der Waals surface area contributed by atoms with Crippen molar-refractivity contribution in [2.75, 3.05) is 6.61 Å². The molecular weight excluding hydrogens is 430 g/mol. The molecule has 1 atom stereocenters. The van der Waals surface area contributed by atoms with Gasteiger partial charge >= 0.3 is 5.97 Å². The van der Waals surface area contributed by atoms with E-state index in [1.165, 1.54) is 12.1 Å². The highest BCUT2D eigenvalue weighted by Crippen LogP contribution is 2.42. The number of hydrogen-bond donors (Lipinski definition) is 1. The Hall–Kier alpha value is -3.35. The number of nitriles is 1. The van der Waals surface area contributed by atoms with E-state index in [0.717, 1.165) is 0 Å². The molecule has 9 heteroatoms. The van der Waals surface area contributed by atoms with Gasteiger partial charge in [0.2, 0.25) is 0 Å². The number of aromatic nitrogens is 1. The zero-order valence-corrected chi connectivity index (χ0v) is 18.8. The van der Waals surface area contributed by atoms with E-state index in [4.69, 9.17) is 9.47 Å². The summed E-state index contributed by atoms with van der Waals surface area (Å²) in [4.78, 5) is 13.3. The van der Waals surface area contributed by atoms with Crippen LogP contribution in [0.4, 0.5) is 0 Å². The molecule has 1 aliphatic rings. The van der Waals surface area contributed by atoms with Crippen molar-refractivity contribution in [1.82, 2.24) is 9.88 Å². The monoisotopic (exact) mass is 453 g/mol. The quantitative estimate of drug-likeness (QED) is 0.591. The summed E-state index contributed by atoms with van der Waals surface area (Å²) in [6.07, 6.45) is 1.23. The molecule has 1 aliphatic heterocycles. The summed E-state index contributed by atoms with van der Waals surface area (Å²) in [5.41, 5.74) is 1.88. The first-order chi connectivity index (χ1) is 15.3. The average molecular weight is 454 g/mol. The van der Waals surface area contributed by atoms with Gasteiger partial charge in [-0.1, -0.05) is 18.2 Å². The molecule has 0 fully saturated rings. The van der Waals surface area contributed by atoms with Crippen LogP contribution in [0.5, 0.6) is 5.75 Å². The number of nitrogens with one attached hydrogen (secondary N) is 1. The first kappa shape index (κ1) is 21.9. The Morgan fingerprint density at radius 2 is 2.06 bits per heavy atom. The second-order valence-electron chi connectivity index (χ2n) is 7.58. The minimum Gasteiger partial charge on any atom is -0.474 e. The predicted octanol–water partition coefficient (Wildman–Crippen LogP) is 3.03. The first-order valence-corrected chi connectivity index (χ1v) is 11.9. The number of nitrogens with zero attached hydrogens (tertiary/aromatic N) is 2. The van der Waals surface area contributed by atoms with Crippen LogP contribution >= 0.6 is 0 Å². The van der Waals surface area contributed by atoms with E-state index < -0.39 is 27.8 Å². The van der Waals surface area contributed by atoms with E-state index in [1.807, 2.05) is 0 Å². The SMILES string of the molecule is CCOC(=O)c1c2c(c3c(C#N)cn(C)c3c1CS(=O)(=O)c1ccccc1)CNC(C)O2. The molecule has 2 heterocycles. The van der Waals surface area contributed by atoms with E-state index in [-0.39, 0.29) is 28.4 Å². The van der Waals surface area contributed by atoms with Crippen molar-refractivity contribution in [3.8, 4) is 11.8 Å². The van der Waals surface area contributed by atoms with Gasteiger partial charge < -0.3 is 14.0 Å². The Labute approximate surface area is 186 Å². The third-order valence-corrected chi connectivity index (χ3v) is 7.13. The molecule has 1 unspecified atom stereocenters. The predicted molar refractivity (Wildman–Crippen MR) is 118 cm³/mol. The van der Waals surface area contributed by atoms with Crippen LogP contribution in [-0.2, 0) is 33.9 Å². The Kier molecular flexibility index (Phi) is 5.67. The Morgan fingerprint density at radius 3 is 2.72 bits per heavy atom. The molecule has 0 radical (unpaired) electrons. The maximum atomic E-state index is 13.3. The maximum absolute atomic E-state index is 13.3. The summed E-state index contributed by atoms with van der Waals surface area (Å²) in [6, 6.07) is 10.2. The van der Waals surface area contributed by atoms with Gasteiger partial charge in [-0.25, -0.2) is 13.2 Å².